The minimum absolute atomic E-state index is 0.0926. The van der Waals surface area contributed by atoms with E-state index in [4.69, 9.17) is 11.6 Å². The van der Waals surface area contributed by atoms with Crippen molar-refractivity contribution in [2.24, 2.45) is 5.92 Å². The van der Waals surface area contributed by atoms with Crippen LogP contribution in [-0.4, -0.2) is 12.6 Å². The zero-order valence-corrected chi connectivity index (χ0v) is 12.4. The van der Waals surface area contributed by atoms with E-state index in [-0.39, 0.29) is 17.6 Å². The van der Waals surface area contributed by atoms with Gasteiger partial charge < -0.3 is 4.90 Å². The van der Waals surface area contributed by atoms with Crippen LogP contribution < -0.4 is 4.90 Å². The second-order valence-electron chi connectivity index (χ2n) is 5.67. The van der Waals surface area contributed by atoms with Crippen LogP contribution in [0.15, 0.2) is 18.2 Å². The van der Waals surface area contributed by atoms with Crippen LogP contribution in [-0.2, 0) is 12.1 Å². The predicted molar refractivity (Wildman–Crippen MR) is 76.2 cm³/mol. The van der Waals surface area contributed by atoms with Gasteiger partial charge in [0.2, 0.25) is 0 Å². The van der Waals surface area contributed by atoms with Crippen LogP contribution in [0.4, 0.5) is 18.9 Å². The molecule has 2 atom stereocenters. The van der Waals surface area contributed by atoms with Crippen molar-refractivity contribution in [3.63, 3.8) is 0 Å². The average molecular weight is 306 g/mol. The molecular weight excluding hydrogens is 287 g/mol. The monoisotopic (exact) mass is 305 g/mol. The molecule has 0 amide bonds. The lowest BCUT2D eigenvalue weighted by Gasteiger charge is -2.39. The summed E-state index contributed by atoms with van der Waals surface area (Å²) in [6.45, 7) is 4.74. The van der Waals surface area contributed by atoms with Crippen LogP contribution in [0.25, 0.3) is 0 Å². The van der Waals surface area contributed by atoms with Crippen molar-refractivity contribution >= 4 is 17.3 Å². The van der Waals surface area contributed by atoms with E-state index in [0.29, 0.717) is 18.0 Å². The molecule has 0 radical (unpaired) electrons. The van der Waals surface area contributed by atoms with Crippen LogP contribution in [0.5, 0.6) is 0 Å². The minimum Gasteiger partial charge on any atom is -0.368 e. The third-order valence-electron chi connectivity index (χ3n) is 3.95. The molecule has 0 saturated carbocycles. The molecule has 1 aliphatic rings. The van der Waals surface area contributed by atoms with Crippen molar-refractivity contribution in [2.45, 2.75) is 44.8 Å². The van der Waals surface area contributed by atoms with Gasteiger partial charge in [-0.3, -0.25) is 0 Å². The lowest BCUT2D eigenvalue weighted by atomic mass is 9.93. The third-order valence-corrected chi connectivity index (χ3v) is 4.26. The van der Waals surface area contributed by atoms with Crippen LogP contribution >= 0.6 is 11.6 Å². The fourth-order valence-corrected chi connectivity index (χ4v) is 2.93. The topological polar surface area (TPSA) is 3.24 Å². The summed E-state index contributed by atoms with van der Waals surface area (Å²) in [5, 5.41) is 0. The highest BCUT2D eigenvalue weighted by Crippen LogP contribution is 2.40. The molecule has 0 aromatic heterocycles. The highest BCUT2D eigenvalue weighted by Gasteiger charge is 2.37. The Labute approximate surface area is 122 Å². The van der Waals surface area contributed by atoms with Crippen LogP contribution in [0.1, 0.15) is 37.8 Å². The standard InChI is InChI=1S/C15H19ClF3N/c1-10-3-4-11(2)20(9-10)14-6-5-12(8-16)7-13(14)15(17,18)19/h5-7,10-11H,3-4,8-9H2,1-2H3. The molecule has 1 aliphatic heterocycles. The SMILES string of the molecule is CC1CCC(C)N(c2ccc(CCl)cc2C(F)(F)F)C1. The van der Waals surface area contributed by atoms with Crippen LogP contribution in [0, 0.1) is 5.92 Å². The predicted octanol–water partition coefficient (Wildman–Crippen LogP) is 5.07. The third kappa shape index (κ3) is 3.22. The Bertz CT molecular complexity index is 473. The van der Waals surface area contributed by atoms with E-state index < -0.39 is 11.7 Å². The van der Waals surface area contributed by atoms with Gasteiger partial charge in [0, 0.05) is 24.2 Å². The van der Waals surface area contributed by atoms with E-state index in [9.17, 15) is 13.2 Å². The van der Waals surface area contributed by atoms with Gasteiger partial charge in [-0.1, -0.05) is 13.0 Å². The van der Waals surface area contributed by atoms with Gasteiger partial charge in [0.25, 0.3) is 0 Å². The maximum absolute atomic E-state index is 13.3. The van der Waals surface area contributed by atoms with Crippen molar-refractivity contribution < 1.29 is 13.2 Å². The van der Waals surface area contributed by atoms with Gasteiger partial charge in [-0.25, -0.2) is 0 Å². The molecule has 0 N–H and O–H groups in total. The molecule has 0 aliphatic carbocycles. The van der Waals surface area contributed by atoms with E-state index in [1.807, 2.05) is 11.8 Å². The number of rotatable bonds is 2. The number of halogens is 4. The van der Waals surface area contributed by atoms with Crippen molar-refractivity contribution in [1.82, 2.24) is 0 Å². The Hall–Kier alpha value is -0.900. The van der Waals surface area contributed by atoms with Crippen molar-refractivity contribution in [3.8, 4) is 0 Å². The molecule has 0 spiro atoms. The molecule has 1 nitrogen and oxygen atoms in total. The summed E-state index contributed by atoms with van der Waals surface area (Å²) in [4.78, 5) is 1.88. The Morgan fingerprint density at radius 1 is 1.25 bits per heavy atom. The molecule has 20 heavy (non-hydrogen) atoms. The molecule has 1 aromatic carbocycles. The summed E-state index contributed by atoms with van der Waals surface area (Å²) in [7, 11) is 0. The van der Waals surface area contributed by atoms with Gasteiger partial charge in [0.05, 0.1) is 5.56 Å². The number of hydrogen-bond donors (Lipinski definition) is 0. The molecule has 1 fully saturated rings. The zero-order valence-electron chi connectivity index (χ0n) is 11.7. The number of hydrogen-bond acceptors (Lipinski definition) is 1. The smallest absolute Gasteiger partial charge is 0.368 e. The highest BCUT2D eigenvalue weighted by molar-refractivity contribution is 6.17. The summed E-state index contributed by atoms with van der Waals surface area (Å²) in [6, 6.07) is 4.56. The van der Waals surface area contributed by atoms with Gasteiger partial charge in [0.1, 0.15) is 0 Å². The Balaban J connectivity index is 2.44. The number of nitrogens with zero attached hydrogens (tertiary/aromatic N) is 1. The molecule has 112 valence electrons. The lowest BCUT2D eigenvalue weighted by molar-refractivity contribution is -0.137. The molecule has 1 saturated heterocycles. The van der Waals surface area contributed by atoms with Crippen LogP contribution in [0.2, 0.25) is 0 Å². The summed E-state index contributed by atoms with van der Waals surface area (Å²) in [5.41, 5.74) is 0.211. The number of alkyl halides is 4. The van der Waals surface area contributed by atoms with E-state index in [1.54, 1.807) is 12.1 Å². The Morgan fingerprint density at radius 3 is 2.55 bits per heavy atom. The number of anilines is 1. The van der Waals surface area contributed by atoms with Crippen molar-refractivity contribution in [1.29, 1.82) is 0 Å². The van der Waals surface area contributed by atoms with E-state index in [1.165, 1.54) is 6.07 Å². The molecule has 5 heteroatoms. The number of piperidine rings is 1. The summed E-state index contributed by atoms with van der Waals surface area (Å²) in [5.74, 6) is 0.509. The fraction of sp³-hybridized carbons (Fsp3) is 0.600. The Kier molecular flexibility index (Phi) is 4.52. The highest BCUT2D eigenvalue weighted by atomic mass is 35.5. The van der Waals surface area contributed by atoms with Gasteiger partial charge >= 0.3 is 6.18 Å². The molecule has 0 bridgehead atoms. The van der Waals surface area contributed by atoms with Crippen molar-refractivity contribution in [3.05, 3.63) is 29.3 Å². The quantitative estimate of drug-likeness (QED) is 0.690. The van der Waals surface area contributed by atoms with E-state index in [2.05, 4.69) is 6.92 Å². The maximum atomic E-state index is 13.3. The lowest BCUT2D eigenvalue weighted by Crippen LogP contribution is -2.42. The molecular formula is C15H19ClF3N. The first kappa shape index (κ1) is 15.5. The van der Waals surface area contributed by atoms with Gasteiger partial charge in [-0.2, -0.15) is 13.2 Å². The maximum Gasteiger partial charge on any atom is 0.418 e. The zero-order chi connectivity index (χ0) is 14.9. The average Bonchev–Trinajstić information content (AvgIpc) is 2.40. The minimum atomic E-state index is -4.35. The second-order valence-corrected chi connectivity index (χ2v) is 5.93. The van der Waals surface area contributed by atoms with Gasteiger partial charge in [-0.15, -0.1) is 11.6 Å². The first-order valence-electron chi connectivity index (χ1n) is 6.85. The Morgan fingerprint density at radius 2 is 1.95 bits per heavy atom. The fourth-order valence-electron chi connectivity index (χ4n) is 2.77. The molecule has 2 unspecified atom stereocenters. The van der Waals surface area contributed by atoms with Gasteiger partial charge in [-0.05, 0) is 43.4 Å². The van der Waals surface area contributed by atoms with Gasteiger partial charge in [0.15, 0.2) is 0 Å². The summed E-state index contributed by atoms with van der Waals surface area (Å²) >= 11 is 5.66. The molecule has 2 rings (SSSR count). The van der Waals surface area contributed by atoms with Crippen molar-refractivity contribution in [2.75, 3.05) is 11.4 Å². The largest absolute Gasteiger partial charge is 0.418 e. The van der Waals surface area contributed by atoms with E-state index >= 15 is 0 Å². The summed E-state index contributed by atoms with van der Waals surface area (Å²) < 4.78 is 39.8. The number of benzene rings is 1. The first-order chi connectivity index (χ1) is 9.32. The molecule has 1 heterocycles. The molecule has 1 aromatic rings. The van der Waals surface area contributed by atoms with Crippen LogP contribution in [0.3, 0.4) is 0 Å². The first-order valence-corrected chi connectivity index (χ1v) is 7.39. The summed E-state index contributed by atoms with van der Waals surface area (Å²) in [6.07, 6.45) is -2.35. The second kappa shape index (κ2) is 5.84. The van der Waals surface area contributed by atoms with E-state index in [0.717, 1.165) is 12.8 Å². The normalized spacial score (nSPS) is 24.0.